The molecule has 0 saturated heterocycles. The van der Waals surface area contributed by atoms with Gasteiger partial charge in [0.25, 0.3) is 0 Å². The minimum Gasteiger partial charge on any atom is -0.385 e. The van der Waals surface area contributed by atoms with E-state index in [1.165, 1.54) is 0 Å². The van der Waals surface area contributed by atoms with Crippen LogP contribution in [0.2, 0.25) is 0 Å². The Hall–Kier alpha value is -1.50. The standard InChI is InChI=1S/C13H20F3N3O/c1-4-17-11-8-10(13(14,15)16)9-12(18-11)19(2)6-5-7-20-3/h8-9H,4-7H2,1-3H3,(H,17,18). The van der Waals surface area contributed by atoms with Crippen molar-refractivity contribution in [3.8, 4) is 0 Å². The molecular weight excluding hydrogens is 271 g/mol. The van der Waals surface area contributed by atoms with Crippen molar-refractivity contribution < 1.29 is 17.9 Å². The fourth-order valence-corrected chi connectivity index (χ4v) is 1.71. The highest BCUT2D eigenvalue weighted by atomic mass is 19.4. The number of aromatic nitrogens is 1. The zero-order chi connectivity index (χ0) is 15.2. The predicted octanol–water partition coefficient (Wildman–Crippen LogP) is 3.00. The van der Waals surface area contributed by atoms with Crippen molar-refractivity contribution in [2.45, 2.75) is 19.5 Å². The van der Waals surface area contributed by atoms with E-state index in [9.17, 15) is 13.2 Å². The summed E-state index contributed by atoms with van der Waals surface area (Å²) < 4.78 is 43.5. The van der Waals surface area contributed by atoms with E-state index in [1.807, 2.05) is 6.92 Å². The smallest absolute Gasteiger partial charge is 0.385 e. The first-order valence-electron chi connectivity index (χ1n) is 6.41. The number of nitrogens with zero attached hydrogens (tertiary/aromatic N) is 2. The summed E-state index contributed by atoms with van der Waals surface area (Å²) in [6.07, 6.45) is -3.66. The van der Waals surface area contributed by atoms with Gasteiger partial charge in [0.1, 0.15) is 11.6 Å². The molecule has 0 radical (unpaired) electrons. The van der Waals surface area contributed by atoms with Crippen molar-refractivity contribution in [2.75, 3.05) is 44.1 Å². The van der Waals surface area contributed by atoms with Crippen LogP contribution in [0.25, 0.3) is 0 Å². The molecule has 4 nitrogen and oxygen atoms in total. The number of hydrogen-bond acceptors (Lipinski definition) is 4. The fourth-order valence-electron chi connectivity index (χ4n) is 1.71. The fraction of sp³-hybridized carbons (Fsp3) is 0.615. The lowest BCUT2D eigenvalue weighted by atomic mass is 10.2. The maximum absolute atomic E-state index is 12.9. The molecule has 7 heteroatoms. The second kappa shape index (κ2) is 7.33. The first-order chi connectivity index (χ1) is 9.38. The number of methoxy groups -OCH3 is 1. The van der Waals surface area contributed by atoms with Gasteiger partial charge in [-0.3, -0.25) is 0 Å². The summed E-state index contributed by atoms with van der Waals surface area (Å²) in [5.74, 6) is 0.530. The number of anilines is 2. The normalized spacial score (nSPS) is 11.5. The number of pyridine rings is 1. The summed E-state index contributed by atoms with van der Waals surface area (Å²) >= 11 is 0. The molecule has 20 heavy (non-hydrogen) atoms. The lowest BCUT2D eigenvalue weighted by Gasteiger charge is -2.20. The van der Waals surface area contributed by atoms with E-state index < -0.39 is 11.7 Å². The molecule has 0 aromatic carbocycles. The van der Waals surface area contributed by atoms with Crippen molar-refractivity contribution in [2.24, 2.45) is 0 Å². The first kappa shape index (κ1) is 16.6. The highest BCUT2D eigenvalue weighted by molar-refractivity contribution is 5.50. The number of alkyl halides is 3. The van der Waals surface area contributed by atoms with Gasteiger partial charge in [0, 0.05) is 33.9 Å². The summed E-state index contributed by atoms with van der Waals surface area (Å²) in [5.41, 5.74) is -0.697. The number of rotatable bonds is 7. The Balaban J connectivity index is 2.96. The zero-order valence-corrected chi connectivity index (χ0v) is 11.9. The highest BCUT2D eigenvalue weighted by Crippen LogP contribution is 2.32. The van der Waals surface area contributed by atoms with Crippen LogP contribution < -0.4 is 10.2 Å². The molecule has 0 atom stereocenters. The van der Waals surface area contributed by atoms with E-state index in [1.54, 1.807) is 19.1 Å². The molecule has 1 N–H and O–H groups in total. The Labute approximate surface area is 116 Å². The van der Waals surface area contributed by atoms with Gasteiger partial charge in [0.2, 0.25) is 0 Å². The van der Waals surface area contributed by atoms with Gasteiger partial charge in [-0.1, -0.05) is 0 Å². The van der Waals surface area contributed by atoms with Gasteiger partial charge in [0.15, 0.2) is 0 Å². The predicted molar refractivity (Wildman–Crippen MR) is 73.2 cm³/mol. The molecule has 0 unspecified atom stereocenters. The van der Waals surface area contributed by atoms with E-state index in [-0.39, 0.29) is 5.82 Å². The van der Waals surface area contributed by atoms with Crippen LogP contribution >= 0.6 is 0 Å². The number of hydrogen-bond donors (Lipinski definition) is 1. The molecule has 0 spiro atoms. The monoisotopic (exact) mass is 291 g/mol. The van der Waals surface area contributed by atoms with Crippen molar-refractivity contribution >= 4 is 11.6 Å². The molecule has 0 fully saturated rings. The molecule has 0 aliphatic heterocycles. The molecule has 0 bridgehead atoms. The van der Waals surface area contributed by atoms with Gasteiger partial charge < -0.3 is 15.0 Å². The minimum atomic E-state index is -4.38. The molecule has 0 aliphatic carbocycles. The van der Waals surface area contributed by atoms with Crippen LogP contribution in [0.1, 0.15) is 18.9 Å². The molecule has 1 aromatic rings. The van der Waals surface area contributed by atoms with E-state index in [0.29, 0.717) is 25.5 Å². The van der Waals surface area contributed by atoms with Crippen LogP contribution in [0.4, 0.5) is 24.8 Å². The van der Waals surface area contributed by atoms with Gasteiger partial charge in [-0.2, -0.15) is 13.2 Å². The third kappa shape index (κ3) is 4.88. The topological polar surface area (TPSA) is 37.4 Å². The lowest BCUT2D eigenvalue weighted by Crippen LogP contribution is -2.22. The summed E-state index contributed by atoms with van der Waals surface area (Å²) in [6, 6.07) is 2.09. The minimum absolute atomic E-state index is 0.232. The van der Waals surface area contributed by atoms with E-state index in [4.69, 9.17) is 4.74 Å². The van der Waals surface area contributed by atoms with Crippen molar-refractivity contribution in [1.29, 1.82) is 0 Å². The zero-order valence-electron chi connectivity index (χ0n) is 11.9. The van der Waals surface area contributed by atoms with Gasteiger partial charge >= 0.3 is 6.18 Å². The molecule has 1 rings (SSSR count). The molecule has 0 amide bonds. The third-order valence-corrected chi connectivity index (χ3v) is 2.73. The van der Waals surface area contributed by atoms with Crippen molar-refractivity contribution in [3.63, 3.8) is 0 Å². The van der Waals surface area contributed by atoms with Crippen LogP contribution in [0, 0.1) is 0 Å². The lowest BCUT2D eigenvalue weighted by molar-refractivity contribution is -0.137. The molecule has 1 aromatic heterocycles. The van der Waals surface area contributed by atoms with Gasteiger partial charge in [0.05, 0.1) is 5.56 Å². The maximum Gasteiger partial charge on any atom is 0.416 e. The average molecular weight is 291 g/mol. The first-order valence-corrected chi connectivity index (χ1v) is 6.41. The van der Waals surface area contributed by atoms with Crippen LogP contribution in [0.3, 0.4) is 0 Å². The van der Waals surface area contributed by atoms with Gasteiger partial charge in [-0.15, -0.1) is 0 Å². The summed E-state index contributed by atoms with van der Waals surface area (Å²) in [7, 11) is 3.31. The highest BCUT2D eigenvalue weighted by Gasteiger charge is 2.32. The summed E-state index contributed by atoms with van der Waals surface area (Å²) in [5, 5.41) is 2.82. The average Bonchev–Trinajstić information content (AvgIpc) is 2.38. The SMILES string of the molecule is CCNc1cc(C(F)(F)F)cc(N(C)CCCOC)n1. The quantitative estimate of drug-likeness (QED) is 0.784. The van der Waals surface area contributed by atoms with Crippen LogP contribution in [-0.4, -0.2) is 38.8 Å². The van der Waals surface area contributed by atoms with Crippen LogP contribution in [0.15, 0.2) is 12.1 Å². The van der Waals surface area contributed by atoms with E-state index in [2.05, 4.69) is 10.3 Å². The molecule has 0 aliphatic rings. The van der Waals surface area contributed by atoms with Gasteiger partial charge in [-0.25, -0.2) is 4.98 Å². The summed E-state index contributed by atoms with van der Waals surface area (Å²) in [6.45, 7) is 3.46. The summed E-state index contributed by atoms with van der Waals surface area (Å²) in [4.78, 5) is 5.88. The Morgan fingerprint density at radius 3 is 2.60 bits per heavy atom. The van der Waals surface area contributed by atoms with Crippen molar-refractivity contribution in [3.05, 3.63) is 17.7 Å². The third-order valence-electron chi connectivity index (χ3n) is 2.73. The molecule has 1 heterocycles. The number of halogens is 3. The van der Waals surface area contributed by atoms with Crippen molar-refractivity contribution in [1.82, 2.24) is 4.98 Å². The molecular formula is C13H20F3N3O. The number of ether oxygens (including phenoxy) is 1. The second-order valence-electron chi connectivity index (χ2n) is 4.40. The van der Waals surface area contributed by atoms with Crippen LogP contribution in [-0.2, 0) is 10.9 Å². The maximum atomic E-state index is 12.9. The van der Waals surface area contributed by atoms with Crippen LogP contribution in [0.5, 0.6) is 0 Å². The van der Waals surface area contributed by atoms with E-state index >= 15 is 0 Å². The Morgan fingerprint density at radius 1 is 1.35 bits per heavy atom. The van der Waals surface area contributed by atoms with E-state index in [0.717, 1.165) is 18.6 Å². The largest absolute Gasteiger partial charge is 0.416 e. The second-order valence-corrected chi connectivity index (χ2v) is 4.40. The molecule has 0 saturated carbocycles. The Morgan fingerprint density at radius 2 is 2.05 bits per heavy atom. The Bertz CT molecular complexity index is 424. The molecule has 114 valence electrons. The van der Waals surface area contributed by atoms with Gasteiger partial charge in [-0.05, 0) is 25.5 Å². The Kier molecular flexibility index (Phi) is 6.06. The number of nitrogens with one attached hydrogen (secondary N) is 1.